The average Bonchev–Trinajstić information content (AvgIpc) is 2.37. The second-order valence-electron chi connectivity index (χ2n) is 3.91. The average molecular weight is 356 g/mol. The van der Waals surface area contributed by atoms with E-state index in [2.05, 4.69) is 15.9 Å². The van der Waals surface area contributed by atoms with Crippen molar-refractivity contribution in [2.24, 2.45) is 5.73 Å². The van der Waals surface area contributed by atoms with Crippen LogP contribution in [0.1, 0.15) is 11.1 Å². The van der Waals surface area contributed by atoms with Crippen molar-refractivity contribution in [3.63, 3.8) is 0 Å². The van der Waals surface area contributed by atoms with Crippen LogP contribution in [0.15, 0.2) is 51.8 Å². The van der Waals surface area contributed by atoms with Crippen LogP contribution >= 0.6 is 39.3 Å². The minimum atomic E-state index is 0.0640. The number of rotatable bonds is 4. The van der Waals surface area contributed by atoms with Gasteiger partial charge >= 0.3 is 0 Å². The molecule has 0 fully saturated rings. The molecule has 0 amide bonds. The van der Waals surface area contributed by atoms with E-state index in [1.165, 1.54) is 0 Å². The largest absolute Gasteiger partial charge is 0.384 e. The lowest BCUT2D eigenvalue weighted by atomic mass is 10.2. The molecule has 0 bridgehead atoms. The number of thioether (sulfide) groups is 1. The summed E-state index contributed by atoms with van der Waals surface area (Å²) in [5.41, 5.74) is 7.44. The quantitative estimate of drug-likeness (QED) is 0.475. The topological polar surface area (TPSA) is 49.9 Å². The predicted molar refractivity (Wildman–Crippen MR) is 86.2 cm³/mol. The zero-order valence-corrected chi connectivity index (χ0v) is 13.1. The first-order chi connectivity index (χ1) is 9.09. The summed E-state index contributed by atoms with van der Waals surface area (Å²) < 4.78 is 0.837. The van der Waals surface area contributed by atoms with Gasteiger partial charge in [0.1, 0.15) is 5.84 Å². The Morgan fingerprint density at radius 2 is 1.95 bits per heavy atom. The molecule has 2 nitrogen and oxygen atoms in total. The zero-order chi connectivity index (χ0) is 13.8. The highest BCUT2D eigenvalue weighted by molar-refractivity contribution is 9.10. The van der Waals surface area contributed by atoms with Gasteiger partial charge in [-0.05, 0) is 39.7 Å². The van der Waals surface area contributed by atoms with Gasteiger partial charge in [0, 0.05) is 25.7 Å². The van der Waals surface area contributed by atoms with Crippen molar-refractivity contribution in [2.75, 3.05) is 0 Å². The van der Waals surface area contributed by atoms with Crippen LogP contribution < -0.4 is 5.73 Å². The van der Waals surface area contributed by atoms with E-state index >= 15 is 0 Å². The Morgan fingerprint density at radius 1 is 1.21 bits per heavy atom. The van der Waals surface area contributed by atoms with Gasteiger partial charge in [0.05, 0.1) is 0 Å². The second kappa shape index (κ2) is 6.46. The van der Waals surface area contributed by atoms with Crippen LogP contribution in [0.2, 0.25) is 5.02 Å². The molecule has 2 aromatic rings. The molecular weight excluding hydrogens is 344 g/mol. The number of benzene rings is 2. The number of hydrogen-bond donors (Lipinski definition) is 2. The summed E-state index contributed by atoms with van der Waals surface area (Å²) in [7, 11) is 0. The van der Waals surface area contributed by atoms with Crippen molar-refractivity contribution in [1.29, 1.82) is 5.41 Å². The highest BCUT2D eigenvalue weighted by Crippen LogP contribution is 2.32. The van der Waals surface area contributed by atoms with E-state index in [0.29, 0.717) is 0 Å². The van der Waals surface area contributed by atoms with Gasteiger partial charge in [0.25, 0.3) is 0 Å². The highest BCUT2D eigenvalue weighted by Gasteiger charge is 2.10. The second-order valence-corrected chi connectivity index (χ2v) is 6.19. The normalized spacial score (nSPS) is 10.4. The lowest BCUT2D eigenvalue weighted by Crippen LogP contribution is -2.13. The van der Waals surface area contributed by atoms with E-state index in [4.69, 9.17) is 22.7 Å². The van der Waals surface area contributed by atoms with Gasteiger partial charge in [-0.15, -0.1) is 11.8 Å². The number of amidine groups is 1. The van der Waals surface area contributed by atoms with Gasteiger partial charge in [-0.25, -0.2) is 0 Å². The van der Waals surface area contributed by atoms with Crippen molar-refractivity contribution in [2.45, 2.75) is 10.6 Å². The van der Waals surface area contributed by atoms with Crippen molar-refractivity contribution >= 4 is 45.1 Å². The molecule has 0 saturated carbocycles. The Morgan fingerprint density at radius 3 is 2.63 bits per heavy atom. The molecule has 0 unspecified atom stereocenters. The van der Waals surface area contributed by atoms with E-state index < -0.39 is 0 Å². The molecule has 0 aliphatic rings. The Hall–Kier alpha value is -0.970. The lowest BCUT2D eigenvalue weighted by molar-refractivity contribution is 1.31. The van der Waals surface area contributed by atoms with Crippen LogP contribution in [0.5, 0.6) is 0 Å². The van der Waals surface area contributed by atoms with Gasteiger partial charge in [-0.2, -0.15) is 0 Å². The summed E-state index contributed by atoms with van der Waals surface area (Å²) >= 11 is 11.2. The molecule has 0 spiro atoms. The van der Waals surface area contributed by atoms with Gasteiger partial charge in [0.2, 0.25) is 0 Å². The molecule has 0 saturated heterocycles. The minimum absolute atomic E-state index is 0.0640. The summed E-state index contributed by atoms with van der Waals surface area (Å²) in [5.74, 6) is 0.810. The van der Waals surface area contributed by atoms with Gasteiger partial charge in [-0.1, -0.05) is 35.9 Å². The number of nitrogen functional groups attached to an aromatic ring is 1. The molecule has 19 heavy (non-hydrogen) atoms. The molecule has 2 rings (SSSR count). The predicted octanol–water partition coefficient (Wildman–Crippen LogP) is 4.68. The highest BCUT2D eigenvalue weighted by atomic mass is 79.9. The van der Waals surface area contributed by atoms with Crippen LogP contribution in [-0.2, 0) is 5.75 Å². The third-order valence-corrected chi connectivity index (χ3v) is 4.72. The van der Waals surface area contributed by atoms with Crippen molar-refractivity contribution in [3.05, 3.63) is 63.1 Å². The summed E-state index contributed by atoms with van der Waals surface area (Å²) in [6.45, 7) is 0. The molecule has 2 aromatic carbocycles. The maximum Gasteiger partial charge on any atom is 0.125 e. The first-order valence-corrected chi connectivity index (χ1v) is 7.74. The molecule has 0 aliphatic heterocycles. The van der Waals surface area contributed by atoms with Crippen LogP contribution in [0, 0.1) is 5.41 Å². The van der Waals surface area contributed by atoms with Gasteiger partial charge < -0.3 is 5.73 Å². The Kier molecular flexibility index (Phi) is 4.91. The maximum atomic E-state index is 7.65. The number of hydrogen-bond acceptors (Lipinski definition) is 2. The fourth-order valence-electron chi connectivity index (χ4n) is 1.66. The molecule has 0 aliphatic carbocycles. The standard InChI is InChI=1S/C14H12BrClN2S/c15-10-5-3-7-12(13(10)14(17)18)19-8-9-4-1-2-6-11(9)16/h1-7H,8H2,(H3,17,18). The van der Waals surface area contributed by atoms with E-state index in [1.54, 1.807) is 11.8 Å². The van der Waals surface area contributed by atoms with Crippen LogP contribution in [0.25, 0.3) is 0 Å². The van der Waals surface area contributed by atoms with E-state index in [-0.39, 0.29) is 5.84 Å². The van der Waals surface area contributed by atoms with E-state index in [9.17, 15) is 0 Å². The molecule has 5 heteroatoms. The summed E-state index contributed by atoms with van der Waals surface area (Å²) in [6, 6.07) is 13.5. The Labute approximate surface area is 130 Å². The fraction of sp³-hybridized carbons (Fsp3) is 0.0714. The lowest BCUT2D eigenvalue weighted by Gasteiger charge is -2.10. The maximum absolute atomic E-state index is 7.65. The summed E-state index contributed by atoms with van der Waals surface area (Å²) in [6.07, 6.45) is 0. The van der Waals surface area contributed by atoms with E-state index in [0.717, 1.165) is 31.3 Å². The molecule has 0 heterocycles. The van der Waals surface area contributed by atoms with Gasteiger partial charge in [-0.3, -0.25) is 5.41 Å². The Balaban J connectivity index is 2.23. The monoisotopic (exact) mass is 354 g/mol. The molecule has 0 aromatic heterocycles. The van der Waals surface area contributed by atoms with E-state index in [1.807, 2.05) is 42.5 Å². The molecule has 0 atom stereocenters. The molecule has 98 valence electrons. The van der Waals surface area contributed by atoms with Gasteiger partial charge in [0.15, 0.2) is 0 Å². The number of nitrogens with two attached hydrogens (primary N) is 1. The Bertz CT molecular complexity index is 616. The third kappa shape index (κ3) is 3.53. The van der Waals surface area contributed by atoms with Crippen LogP contribution in [0.3, 0.4) is 0 Å². The molecule has 3 N–H and O–H groups in total. The third-order valence-electron chi connectivity index (χ3n) is 2.59. The van der Waals surface area contributed by atoms with Crippen molar-refractivity contribution in [3.8, 4) is 0 Å². The van der Waals surface area contributed by atoms with Crippen molar-refractivity contribution in [1.82, 2.24) is 0 Å². The molecule has 0 radical (unpaired) electrons. The number of nitrogens with one attached hydrogen (secondary N) is 1. The van der Waals surface area contributed by atoms with Crippen molar-refractivity contribution < 1.29 is 0 Å². The first kappa shape index (κ1) is 14.4. The van der Waals surface area contributed by atoms with Crippen LogP contribution in [-0.4, -0.2) is 5.84 Å². The van der Waals surface area contributed by atoms with Crippen LogP contribution in [0.4, 0.5) is 0 Å². The number of halogens is 2. The fourth-order valence-corrected chi connectivity index (χ4v) is 3.75. The zero-order valence-electron chi connectivity index (χ0n) is 9.99. The smallest absolute Gasteiger partial charge is 0.125 e. The molecular formula is C14H12BrClN2S. The summed E-state index contributed by atoms with van der Waals surface area (Å²) in [5, 5.41) is 8.41. The first-order valence-electron chi connectivity index (χ1n) is 5.58. The minimum Gasteiger partial charge on any atom is -0.384 e. The SMILES string of the molecule is N=C(N)c1c(Br)cccc1SCc1ccccc1Cl. The summed E-state index contributed by atoms with van der Waals surface area (Å²) in [4.78, 5) is 0.974.